The van der Waals surface area contributed by atoms with Crippen LogP contribution in [0.5, 0.6) is 0 Å². The van der Waals surface area contributed by atoms with E-state index in [-0.39, 0.29) is 11.3 Å². The molecule has 1 heterocycles. The summed E-state index contributed by atoms with van der Waals surface area (Å²) in [5.41, 5.74) is 0.0194. The SMILES string of the molecule is CCCN(CC1CCCNC1)c1c(F)cc(C#N)cc1F. The van der Waals surface area contributed by atoms with Crippen LogP contribution in [0.2, 0.25) is 0 Å². The first-order valence-electron chi connectivity index (χ1n) is 7.50. The van der Waals surface area contributed by atoms with Crippen LogP contribution < -0.4 is 10.2 Å². The summed E-state index contributed by atoms with van der Waals surface area (Å²) < 4.78 is 28.4. The van der Waals surface area contributed by atoms with Gasteiger partial charge in [-0.25, -0.2) is 8.78 Å². The van der Waals surface area contributed by atoms with Gasteiger partial charge in [-0.15, -0.1) is 0 Å². The Morgan fingerprint density at radius 3 is 2.62 bits per heavy atom. The molecule has 1 saturated heterocycles. The topological polar surface area (TPSA) is 39.1 Å². The van der Waals surface area contributed by atoms with Crippen LogP contribution in [-0.2, 0) is 0 Å². The van der Waals surface area contributed by atoms with Crippen molar-refractivity contribution in [2.24, 2.45) is 5.92 Å². The molecule has 5 heteroatoms. The standard InChI is InChI=1S/C16H21F2N3/c1-2-6-21(11-12-4-3-5-20-10-12)16-14(17)7-13(9-19)8-15(16)18/h7-8,12,20H,2-6,10-11H2,1H3. The van der Waals surface area contributed by atoms with Gasteiger partial charge in [0, 0.05) is 13.1 Å². The number of hydrogen-bond acceptors (Lipinski definition) is 3. The molecule has 1 unspecified atom stereocenters. The normalized spacial score (nSPS) is 18.3. The van der Waals surface area contributed by atoms with Crippen molar-refractivity contribution in [3.63, 3.8) is 0 Å². The molecule has 1 aliphatic heterocycles. The fourth-order valence-electron chi connectivity index (χ4n) is 2.89. The Bertz CT molecular complexity index is 496. The molecule has 0 spiro atoms. The Balaban J connectivity index is 2.23. The molecule has 21 heavy (non-hydrogen) atoms. The van der Waals surface area contributed by atoms with Crippen LogP contribution in [0.3, 0.4) is 0 Å². The molecule has 2 rings (SSSR count). The van der Waals surface area contributed by atoms with E-state index in [4.69, 9.17) is 5.26 Å². The van der Waals surface area contributed by atoms with Crippen LogP contribution in [0.25, 0.3) is 0 Å². The van der Waals surface area contributed by atoms with Crippen molar-refractivity contribution in [3.05, 3.63) is 29.3 Å². The Morgan fingerprint density at radius 1 is 1.38 bits per heavy atom. The highest BCUT2D eigenvalue weighted by Gasteiger charge is 2.22. The number of benzene rings is 1. The van der Waals surface area contributed by atoms with Crippen molar-refractivity contribution in [1.82, 2.24) is 5.32 Å². The highest BCUT2D eigenvalue weighted by molar-refractivity contribution is 5.52. The maximum atomic E-state index is 14.2. The second-order valence-electron chi connectivity index (χ2n) is 5.56. The summed E-state index contributed by atoms with van der Waals surface area (Å²) in [5, 5.41) is 12.1. The van der Waals surface area contributed by atoms with E-state index in [2.05, 4.69) is 5.32 Å². The molecular formula is C16H21F2N3. The molecule has 0 radical (unpaired) electrons. The minimum Gasteiger partial charge on any atom is -0.366 e. The Kier molecular flexibility index (Phi) is 5.51. The van der Waals surface area contributed by atoms with Crippen LogP contribution in [0.15, 0.2) is 12.1 Å². The number of rotatable bonds is 5. The zero-order valence-electron chi connectivity index (χ0n) is 12.3. The van der Waals surface area contributed by atoms with E-state index in [1.807, 2.05) is 6.92 Å². The average molecular weight is 293 g/mol. The third-order valence-corrected chi connectivity index (χ3v) is 3.83. The fraction of sp³-hybridized carbons (Fsp3) is 0.562. The van der Waals surface area contributed by atoms with E-state index in [9.17, 15) is 8.78 Å². The molecule has 1 N–H and O–H groups in total. The fourth-order valence-corrected chi connectivity index (χ4v) is 2.89. The van der Waals surface area contributed by atoms with Gasteiger partial charge in [0.15, 0.2) is 11.6 Å². The zero-order chi connectivity index (χ0) is 15.2. The van der Waals surface area contributed by atoms with Crippen molar-refractivity contribution in [3.8, 4) is 6.07 Å². The molecule has 1 aliphatic rings. The molecule has 1 atom stereocenters. The number of hydrogen-bond donors (Lipinski definition) is 1. The predicted molar refractivity (Wildman–Crippen MR) is 79.2 cm³/mol. The highest BCUT2D eigenvalue weighted by Crippen LogP contribution is 2.27. The van der Waals surface area contributed by atoms with Gasteiger partial charge in [0.2, 0.25) is 0 Å². The molecule has 0 aromatic heterocycles. The highest BCUT2D eigenvalue weighted by atomic mass is 19.1. The van der Waals surface area contributed by atoms with Crippen LogP contribution in [0.1, 0.15) is 31.7 Å². The minimum atomic E-state index is -0.649. The first kappa shape index (κ1) is 15.7. The van der Waals surface area contributed by atoms with E-state index in [1.54, 1.807) is 11.0 Å². The Morgan fingerprint density at radius 2 is 2.10 bits per heavy atom. The number of nitriles is 1. The van der Waals surface area contributed by atoms with E-state index >= 15 is 0 Å². The summed E-state index contributed by atoms with van der Waals surface area (Å²) in [6.45, 7) is 5.14. The zero-order valence-corrected chi connectivity index (χ0v) is 12.3. The smallest absolute Gasteiger partial charge is 0.150 e. The molecule has 1 aromatic rings. The molecule has 0 bridgehead atoms. The number of halogens is 2. The second-order valence-corrected chi connectivity index (χ2v) is 5.56. The predicted octanol–water partition coefficient (Wildman–Crippen LogP) is 3.05. The Labute approximate surface area is 124 Å². The van der Waals surface area contributed by atoms with Gasteiger partial charge in [0.1, 0.15) is 5.69 Å². The lowest BCUT2D eigenvalue weighted by atomic mass is 9.98. The van der Waals surface area contributed by atoms with Gasteiger partial charge in [-0.2, -0.15) is 5.26 Å². The van der Waals surface area contributed by atoms with Crippen molar-refractivity contribution in [1.29, 1.82) is 5.26 Å². The molecule has 114 valence electrons. The Hall–Kier alpha value is -1.67. The number of nitrogens with one attached hydrogen (secondary N) is 1. The summed E-state index contributed by atoms with van der Waals surface area (Å²) >= 11 is 0. The van der Waals surface area contributed by atoms with E-state index < -0.39 is 11.6 Å². The first-order chi connectivity index (χ1) is 10.2. The summed E-state index contributed by atoms with van der Waals surface area (Å²) in [4.78, 5) is 1.78. The molecule has 3 nitrogen and oxygen atoms in total. The van der Waals surface area contributed by atoms with E-state index in [1.165, 1.54) is 0 Å². The molecule has 1 aromatic carbocycles. The maximum absolute atomic E-state index is 14.2. The quantitative estimate of drug-likeness (QED) is 0.907. The molecule has 0 amide bonds. The van der Waals surface area contributed by atoms with Gasteiger partial charge in [-0.1, -0.05) is 6.92 Å². The van der Waals surface area contributed by atoms with Crippen LogP contribution >= 0.6 is 0 Å². The number of anilines is 1. The monoisotopic (exact) mass is 293 g/mol. The average Bonchev–Trinajstić information content (AvgIpc) is 2.47. The van der Waals surface area contributed by atoms with Gasteiger partial charge in [0.05, 0.1) is 11.6 Å². The lowest BCUT2D eigenvalue weighted by Crippen LogP contribution is -2.39. The number of piperidine rings is 1. The summed E-state index contributed by atoms with van der Waals surface area (Å²) in [6, 6.07) is 4.00. The molecule has 1 fully saturated rings. The largest absolute Gasteiger partial charge is 0.366 e. The molecular weight excluding hydrogens is 272 g/mol. The maximum Gasteiger partial charge on any atom is 0.150 e. The number of nitrogens with zero attached hydrogens (tertiary/aromatic N) is 2. The van der Waals surface area contributed by atoms with Crippen molar-refractivity contribution in [2.75, 3.05) is 31.1 Å². The summed E-state index contributed by atoms with van der Waals surface area (Å²) in [7, 11) is 0. The molecule has 0 saturated carbocycles. The lowest BCUT2D eigenvalue weighted by molar-refractivity contribution is 0.374. The summed E-state index contributed by atoms with van der Waals surface area (Å²) in [5.74, 6) is -0.896. The van der Waals surface area contributed by atoms with Crippen molar-refractivity contribution in [2.45, 2.75) is 26.2 Å². The van der Waals surface area contributed by atoms with Crippen molar-refractivity contribution >= 4 is 5.69 Å². The summed E-state index contributed by atoms with van der Waals surface area (Å²) in [6.07, 6.45) is 2.99. The van der Waals surface area contributed by atoms with E-state index in [0.717, 1.165) is 44.5 Å². The van der Waals surface area contributed by atoms with Crippen LogP contribution in [-0.4, -0.2) is 26.2 Å². The van der Waals surface area contributed by atoms with Crippen molar-refractivity contribution < 1.29 is 8.78 Å². The second kappa shape index (κ2) is 7.37. The van der Waals surface area contributed by atoms with Crippen LogP contribution in [0.4, 0.5) is 14.5 Å². The third-order valence-electron chi connectivity index (χ3n) is 3.83. The van der Waals surface area contributed by atoms with Gasteiger partial charge in [-0.3, -0.25) is 0 Å². The lowest BCUT2D eigenvalue weighted by Gasteiger charge is -2.32. The van der Waals surface area contributed by atoms with Gasteiger partial charge >= 0.3 is 0 Å². The first-order valence-corrected chi connectivity index (χ1v) is 7.50. The van der Waals surface area contributed by atoms with Gasteiger partial charge in [0.25, 0.3) is 0 Å². The van der Waals surface area contributed by atoms with Gasteiger partial charge < -0.3 is 10.2 Å². The third kappa shape index (κ3) is 3.92. The minimum absolute atomic E-state index is 0.00132. The van der Waals surface area contributed by atoms with E-state index in [0.29, 0.717) is 19.0 Å². The molecule has 0 aliphatic carbocycles. The van der Waals surface area contributed by atoms with Gasteiger partial charge in [-0.05, 0) is 50.4 Å². The van der Waals surface area contributed by atoms with Crippen LogP contribution in [0, 0.1) is 28.9 Å².